The largest absolute Gasteiger partial charge is 0.391 e. The first-order valence-electron chi connectivity index (χ1n) is 9.74. The van der Waals surface area contributed by atoms with Gasteiger partial charge in [0.05, 0.1) is 17.8 Å². The van der Waals surface area contributed by atoms with Crippen molar-refractivity contribution in [1.82, 2.24) is 29.4 Å². The molecule has 0 radical (unpaired) electrons. The van der Waals surface area contributed by atoms with Crippen molar-refractivity contribution in [2.45, 2.75) is 58.7 Å². The fourth-order valence-electron chi connectivity index (χ4n) is 4.65. The molecule has 1 saturated heterocycles. The number of likely N-dealkylation sites (tertiary alicyclic amines) is 1. The summed E-state index contributed by atoms with van der Waals surface area (Å²) in [6, 6.07) is -0.0403. The van der Waals surface area contributed by atoms with Crippen LogP contribution in [0.15, 0.2) is 12.7 Å². The number of carbonyl (C=O) groups excluding carboxylic acids is 1. The topological polar surface area (TPSA) is 89.1 Å². The molecule has 0 aromatic carbocycles. The van der Waals surface area contributed by atoms with Crippen molar-refractivity contribution in [2.75, 3.05) is 13.1 Å². The van der Waals surface area contributed by atoms with Crippen molar-refractivity contribution in [3.05, 3.63) is 29.6 Å². The van der Waals surface area contributed by atoms with Gasteiger partial charge >= 0.3 is 0 Å². The molecule has 1 N–H and O–H groups in total. The molecule has 1 amide bonds. The highest BCUT2D eigenvalue weighted by atomic mass is 16.3. The van der Waals surface area contributed by atoms with Gasteiger partial charge in [0.2, 0.25) is 5.91 Å². The summed E-state index contributed by atoms with van der Waals surface area (Å²) in [4.78, 5) is 18.7. The number of carbonyl (C=O) groups is 1. The van der Waals surface area contributed by atoms with Crippen LogP contribution in [0.2, 0.25) is 0 Å². The third-order valence-electron chi connectivity index (χ3n) is 6.52. The van der Waals surface area contributed by atoms with Gasteiger partial charge in [0.25, 0.3) is 0 Å². The standard InChI is InChI=1S/C19H28N6O2/c1-12-13(2)22-24(14(12)3)5-4-19(27)23-8-15-6-17(25-11-20-10-21-25)18(26)7-16(15)9-23/h10-11,15-18,26H,4-9H2,1-3H3/t15-,16+,17-,18-/m1/s1. The van der Waals surface area contributed by atoms with Crippen molar-refractivity contribution < 1.29 is 9.90 Å². The maximum atomic E-state index is 12.8. The molecular formula is C19H28N6O2. The number of hydrogen-bond acceptors (Lipinski definition) is 5. The zero-order chi connectivity index (χ0) is 19.1. The Balaban J connectivity index is 1.36. The fourth-order valence-corrected chi connectivity index (χ4v) is 4.65. The van der Waals surface area contributed by atoms with Gasteiger partial charge in [-0.15, -0.1) is 0 Å². The molecule has 4 atom stereocenters. The van der Waals surface area contributed by atoms with Gasteiger partial charge < -0.3 is 10.0 Å². The summed E-state index contributed by atoms with van der Waals surface area (Å²) < 4.78 is 3.70. The molecule has 2 aromatic heterocycles. The van der Waals surface area contributed by atoms with Crippen LogP contribution in [-0.2, 0) is 11.3 Å². The number of amides is 1. The second-order valence-corrected chi connectivity index (χ2v) is 8.07. The van der Waals surface area contributed by atoms with Gasteiger partial charge in [0.1, 0.15) is 12.7 Å². The Morgan fingerprint density at radius 3 is 2.59 bits per heavy atom. The van der Waals surface area contributed by atoms with E-state index in [1.165, 1.54) is 11.9 Å². The Hall–Kier alpha value is -2.22. The normalized spacial score (nSPS) is 27.8. The molecule has 3 heterocycles. The van der Waals surface area contributed by atoms with E-state index >= 15 is 0 Å². The zero-order valence-corrected chi connectivity index (χ0v) is 16.2. The lowest BCUT2D eigenvalue weighted by molar-refractivity contribution is -0.130. The number of hydrogen-bond donors (Lipinski definition) is 1. The van der Waals surface area contributed by atoms with Gasteiger partial charge in [0, 0.05) is 31.7 Å². The number of rotatable bonds is 4. The highest BCUT2D eigenvalue weighted by Crippen LogP contribution is 2.41. The molecule has 8 nitrogen and oxygen atoms in total. The summed E-state index contributed by atoms with van der Waals surface area (Å²) in [5, 5.41) is 19.2. The van der Waals surface area contributed by atoms with E-state index in [0.29, 0.717) is 24.8 Å². The molecule has 8 heteroatoms. The predicted molar refractivity (Wildman–Crippen MR) is 98.9 cm³/mol. The average Bonchev–Trinajstić information content (AvgIpc) is 3.36. The second kappa shape index (κ2) is 7.07. The smallest absolute Gasteiger partial charge is 0.224 e. The summed E-state index contributed by atoms with van der Waals surface area (Å²) in [5.74, 6) is 0.975. The summed E-state index contributed by atoms with van der Waals surface area (Å²) in [6.45, 7) is 8.27. The number of aromatic nitrogens is 5. The first-order chi connectivity index (χ1) is 12.9. The van der Waals surface area contributed by atoms with Gasteiger partial charge in [-0.2, -0.15) is 10.2 Å². The van der Waals surface area contributed by atoms with E-state index < -0.39 is 6.10 Å². The Morgan fingerprint density at radius 2 is 1.96 bits per heavy atom. The lowest BCUT2D eigenvalue weighted by Crippen LogP contribution is -2.36. The highest BCUT2D eigenvalue weighted by Gasteiger charge is 2.43. The van der Waals surface area contributed by atoms with Crippen LogP contribution in [0.3, 0.4) is 0 Å². The minimum Gasteiger partial charge on any atom is -0.391 e. The summed E-state index contributed by atoms with van der Waals surface area (Å²) in [5.41, 5.74) is 3.36. The minimum absolute atomic E-state index is 0.0403. The maximum absolute atomic E-state index is 12.8. The van der Waals surface area contributed by atoms with Gasteiger partial charge in [-0.3, -0.25) is 9.48 Å². The van der Waals surface area contributed by atoms with E-state index in [1.807, 2.05) is 16.5 Å². The molecule has 2 fully saturated rings. The van der Waals surface area contributed by atoms with E-state index in [2.05, 4.69) is 29.0 Å². The number of aryl methyl sites for hydroxylation is 2. The Bertz CT molecular complexity index is 815. The molecule has 27 heavy (non-hydrogen) atoms. The van der Waals surface area contributed by atoms with E-state index in [4.69, 9.17) is 0 Å². The van der Waals surface area contributed by atoms with Gasteiger partial charge in [-0.05, 0) is 51.0 Å². The molecule has 0 bridgehead atoms. The Labute approximate surface area is 159 Å². The quantitative estimate of drug-likeness (QED) is 0.873. The molecule has 146 valence electrons. The highest BCUT2D eigenvalue weighted by molar-refractivity contribution is 5.76. The van der Waals surface area contributed by atoms with Crippen LogP contribution in [0.5, 0.6) is 0 Å². The summed E-state index contributed by atoms with van der Waals surface area (Å²) in [7, 11) is 0. The second-order valence-electron chi connectivity index (χ2n) is 8.07. The van der Waals surface area contributed by atoms with E-state index in [1.54, 1.807) is 11.0 Å². The Morgan fingerprint density at radius 1 is 1.22 bits per heavy atom. The average molecular weight is 372 g/mol. The number of aliphatic hydroxyl groups excluding tert-OH is 1. The number of fused-ring (bicyclic) bond motifs is 1. The van der Waals surface area contributed by atoms with Crippen LogP contribution < -0.4 is 0 Å². The molecule has 0 spiro atoms. The van der Waals surface area contributed by atoms with Crippen LogP contribution in [-0.4, -0.2) is 59.7 Å². The zero-order valence-electron chi connectivity index (χ0n) is 16.2. The van der Waals surface area contributed by atoms with Crippen LogP contribution in [0.1, 0.15) is 42.3 Å². The monoisotopic (exact) mass is 372 g/mol. The number of aliphatic hydroxyl groups is 1. The van der Waals surface area contributed by atoms with Crippen molar-refractivity contribution in [3.8, 4) is 0 Å². The third-order valence-corrected chi connectivity index (χ3v) is 6.52. The van der Waals surface area contributed by atoms with Gasteiger partial charge in [-0.25, -0.2) is 9.67 Å². The molecule has 4 rings (SSSR count). The van der Waals surface area contributed by atoms with E-state index in [9.17, 15) is 9.90 Å². The maximum Gasteiger partial charge on any atom is 0.224 e. The SMILES string of the molecule is Cc1nn(CCC(=O)N2C[C@H]3C[C@@H](n4cncn4)[C@H](O)C[C@H]3C2)c(C)c1C. The predicted octanol–water partition coefficient (Wildman–Crippen LogP) is 1.26. The van der Waals surface area contributed by atoms with Crippen LogP contribution in [0.4, 0.5) is 0 Å². The van der Waals surface area contributed by atoms with Gasteiger partial charge in [-0.1, -0.05) is 0 Å². The van der Waals surface area contributed by atoms with Crippen LogP contribution >= 0.6 is 0 Å². The van der Waals surface area contributed by atoms with Crippen molar-refractivity contribution in [3.63, 3.8) is 0 Å². The fraction of sp³-hybridized carbons (Fsp3) is 0.684. The van der Waals surface area contributed by atoms with Crippen molar-refractivity contribution in [2.24, 2.45) is 11.8 Å². The molecule has 2 aromatic rings. The van der Waals surface area contributed by atoms with Crippen LogP contribution in [0, 0.1) is 32.6 Å². The van der Waals surface area contributed by atoms with Gasteiger partial charge in [0.15, 0.2) is 0 Å². The molecule has 0 unspecified atom stereocenters. The van der Waals surface area contributed by atoms with Crippen molar-refractivity contribution in [1.29, 1.82) is 0 Å². The third kappa shape index (κ3) is 3.38. The molecule has 2 aliphatic rings. The lowest BCUT2D eigenvalue weighted by Gasteiger charge is -2.34. The lowest BCUT2D eigenvalue weighted by atomic mass is 9.77. The summed E-state index contributed by atoms with van der Waals surface area (Å²) >= 11 is 0. The number of nitrogens with zero attached hydrogens (tertiary/aromatic N) is 6. The van der Waals surface area contributed by atoms with Crippen LogP contribution in [0.25, 0.3) is 0 Å². The summed E-state index contributed by atoms with van der Waals surface area (Å²) in [6.07, 6.45) is 4.77. The molecule has 1 saturated carbocycles. The molecule has 1 aliphatic heterocycles. The van der Waals surface area contributed by atoms with E-state index in [0.717, 1.165) is 37.3 Å². The van der Waals surface area contributed by atoms with E-state index in [-0.39, 0.29) is 11.9 Å². The molecular weight excluding hydrogens is 344 g/mol. The molecule has 1 aliphatic carbocycles. The first-order valence-corrected chi connectivity index (χ1v) is 9.74. The Kier molecular flexibility index (Phi) is 4.75. The van der Waals surface area contributed by atoms with Crippen molar-refractivity contribution >= 4 is 5.91 Å². The minimum atomic E-state index is -0.430. The first kappa shape index (κ1) is 18.2.